The Kier molecular flexibility index (Phi) is 8.96. The quantitative estimate of drug-likeness (QED) is 0.106. The number of amides is 1. The van der Waals surface area contributed by atoms with Gasteiger partial charge in [-0.1, -0.05) is 96.2 Å². The second-order valence-corrected chi connectivity index (χ2v) is 10.6. The van der Waals surface area contributed by atoms with E-state index in [-0.39, 0.29) is 23.1 Å². The SMILES string of the molecule is CCOC(=O)/C(=N\OC(c1ccccc1)(c1ccccc1)c1ccccc1)c1csc(NC(=O)OC(C)(C)C)n1. The second kappa shape index (κ2) is 12.6. The second-order valence-electron chi connectivity index (χ2n) is 9.70. The molecule has 0 unspecified atom stereocenters. The van der Waals surface area contributed by atoms with E-state index in [2.05, 4.69) is 15.5 Å². The minimum atomic E-state index is -1.20. The summed E-state index contributed by atoms with van der Waals surface area (Å²) in [5, 5.41) is 8.84. The van der Waals surface area contributed by atoms with Crippen LogP contribution in [0, 0.1) is 0 Å². The van der Waals surface area contributed by atoms with Gasteiger partial charge in [-0.15, -0.1) is 11.3 Å². The van der Waals surface area contributed by atoms with Crippen molar-refractivity contribution in [3.8, 4) is 0 Å². The molecule has 0 saturated carbocycles. The number of esters is 1. The summed E-state index contributed by atoms with van der Waals surface area (Å²) in [5.41, 5.74) is 0.611. The summed E-state index contributed by atoms with van der Waals surface area (Å²) in [6.07, 6.45) is -0.657. The molecule has 40 heavy (non-hydrogen) atoms. The Labute approximate surface area is 237 Å². The number of oxime groups is 1. The zero-order valence-corrected chi connectivity index (χ0v) is 23.6. The van der Waals surface area contributed by atoms with E-state index in [1.165, 1.54) is 0 Å². The molecule has 206 valence electrons. The largest absolute Gasteiger partial charge is 0.461 e. The van der Waals surface area contributed by atoms with Crippen molar-refractivity contribution in [3.63, 3.8) is 0 Å². The minimum absolute atomic E-state index is 0.131. The van der Waals surface area contributed by atoms with E-state index in [9.17, 15) is 9.59 Å². The third kappa shape index (κ3) is 6.73. The number of hydrogen-bond acceptors (Lipinski definition) is 8. The van der Waals surface area contributed by atoms with Crippen LogP contribution in [0.2, 0.25) is 0 Å². The predicted molar refractivity (Wildman–Crippen MR) is 155 cm³/mol. The Morgan fingerprint density at radius 1 is 0.850 bits per heavy atom. The molecule has 4 rings (SSSR count). The number of hydrogen-bond donors (Lipinski definition) is 1. The van der Waals surface area contributed by atoms with Crippen LogP contribution in [0.1, 0.15) is 50.1 Å². The average molecular weight is 558 g/mol. The summed E-state index contributed by atoms with van der Waals surface area (Å²) in [5.74, 6) is -0.709. The number of nitrogens with zero attached hydrogens (tertiary/aromatic N) is 2. The number of anilines is 1. The highest BCUT2D eigenvalue weighted by Gasteiger charge is 2.40. The first-order valence-electron chi connectivity index (χ1n) is 12.8. The lowest BCUT2D eigenvalue weighted by Gasteiger charge is -2.33. The number of rotatable bonds is 9. The van der Waals surface area contributed by atoms with Crippen molar-refractivity contribution in [1.29, 1.82) is 0 Å². The van der Waals surface area contributed by atoms with Crippen LogP contribution in [-0.4, -0.2) is 35.0 Å². The van der Waals surface area contributed by atoms with E-state index in [4.69, 9.17) is 14.3 Å². The fourth-order valence-electron chi connectivity index (χ4n) is 4.01. The molecule has 3 aromatic carbocycles. The molecule has 0 spiro atoms. The molecule has 8 nitrogen and oxygen atoms in total. The van der Waals surface area contributed by atoms with Crippen molar-refractivity contribution >= 4 is 34.2 Å². The van der Waals surface area contributed by atoms with Gasteiger partial charge >= 0.3 is 12.1 Å². The lowest BCUT2D eigenvalue weighted by Crippen LogP contribution is -2.32. The molecular weight excluding hydrogens is 526 g/mol. The summed E-state index contributed by atoms with van der Waals surface area (Å²) in [6.45, 7) is 7.13. The van der Waals surface area contributed by atoms with Crippen LogP contribution in [-0.2, 0) is 24.7 Å². The van der Waals surface area contributed by atoms with Crippen molar-refractivity contribution < 1.29 is 23.9 Å². The molecule has 1 heterocycles. The van der Waals surface area contributed by atoms with Gasteiger partial charge in [0.1, 0.15) is 11.3 Å². The van der Waals surface area contributed by atoms with Gasteiger partial charge in [0.25, 0.3) is 0 Å². The van der Waals surface area contributed by atoms with Crippen LogP contribution in [0.15, 0.2) is 102 Å². The van der Waals surface area contributed by atoms with E-state index >= 15 is 0 Å². The third-order valence-corrected chi connectivity index (χ3v) is 6.40. The Bertz CT molecular complexity index is 1350. The number of nitrogens with one attached hydrogen (secondary N) is 1. The highest BCUT2D eigenvalue weighted by molar-refractivity contribution is 7.14. The summed E-state index contributed by atoms with van der Waals surface area (Å²) in [7, 11) is 0. The van der Waals surface area contributed by atoms with Crippen LogP contribution in [0.3, 0.4) is 0 Å². The Balaban J connectivity index is 1.81. The van der Waals surface area contributed by atoms with Crippen LogP contribution >= 0.6 is 11.3 Å². The maximum atomic E-state index is 13.1. The summed E-state index contributed by atoms with van der Waals surface area (Å²) < 4.78 is 10.6. The van der Waals surface area contributed by atoms with Crippen molar-refractivity contribution in [2.75, 3.05) is 11.9 Å². The van der Waals surface area contributed by atoms with Gasteiger partial charge in [-0.2, -0.15) is 0 Å². The molecule has 0 saturated heterocycles. The maximum absolute atomic E-state index is 13.1. The first-order chi connectivity index (χ1) is 19.2. The standard InChI is InChI=1S/C31H31N3O5S/c1-5-37-27(35)26(25-21-40-28(32-25)33-29(36)38-30(2,3)4)34-39-31(22-15-9-6-10-16-22,23-17-11-7-12-18-23)24-19-13-8-14-20-24/h6-21H,5H2,1-4H3,(H,32,33,36)/b34-26-. The monoisotopic (exact) mass is 557 g/mol. The predicted octanol–water partition coefficient (Wildman–Crippen LogP) is 6.77. The summed E-state index contributed by atoms with van der Waals surface area (Å²) >= 11 is 1.12. The van der Waals surface area contributed by atoms with Gasteiger partial charge in [-0.25, -0.2) is 14.6 Å². The van der Waals surface area contributed by atoms with Crippen LogP contribution in [0.25, 0.3) is 0 Å². The van der Waals surface area contributed by atoms with Gasteiger partial charge in [0.2, 0.25) is 11.3 Å². The highest BCUT2D eigenvalue weighted by atomic mass is 32.1. The van der Waals surface area contributed by atoms with Crippen molar-refractivity contribution in [2.24, 2.45) is 5.16 Å². The molecule has 1 aromatic heterocycles. The molecule has 0 radical (unpaired) electrons. The number of carbonyl (C=O) groups is 2. The third-order valence-electron chi connectivity index (χ3n) is 5.64. The number of ether oxygens (including phenoxy) is 2. The summed E-state index contributed by atoms with van der Waals surface area (Å²) in [4.78, 5) is 36.2. The topological polar surface area (TPSA) is 99.1 Å². The lowest BCUT2D eigenvalue weighted by molar-refractivity contribution is -0.135. The molecule has 1 N–H and O–H groups in total. The van der Waals surface area contributed by atoms with Gasteiger partial charge in [0.05, 0.1) is 6.61 Å². The molecule has 9 heteroatoms. The zero-order valence-electron chi connectivity index (χ0n) is 22.8. The zero-order chi connectivity index (χ0) is 28.6. The van der Waals surface area contributed by atoms with E-state index in [1.807, 2.05) is 91.0 Å². The molecule has 1 amide bonds. The average Bonchev–Trinajstić information content (AvgIpc) is 3.39. The smallest absolute Gasteiger partial charge is 0.413 e. The number of thiazole rings is 1. The van der Waals surface area contributed by atoms with Gasteiger partial charge in [-0.3, -0.25) is 5.32 Å². The number of benzene rings is 3. The first kappa shape index (κ1) is 28.5. The highest BCUT2D eigenvalue weighted by Crippen LogP contribution is 2.40. The number of aromatic nitrogens is 1. The van der Waals surface area contributed by atoms with Gasteiger partial charge in [0, 0.05) is 22.1 Å². The van der Waals surface area contributed by atoms with Crippen LogP contribution < -0.4 is 5.32 Å². The first-order valence-corrected chi connectivity index (χ1v) is 13.7. The van der Waals surface area contributed by atoms with E-state index < -0.39 is 23.3 Å². The Morgan fingerprint density at radius 3 is 1.80 bits per heavy atom. The van der Waals surface area contributed by atoms with Crippen molar-refractivity contribution in [1.82, 2.24) is 4.98 Å². The Morgan fingerprint density at radius 2 is 1.35 bits per heavy atom. The molecule has 0 fully saturated rings. The fraction of sp³-hybridized carbons (Fsp3) is 0.226. The van der Waals surface area contributed by atoms with Gasteiger partial charge in [0.15, 0.2) is 5.13 Å². The summed E-state index contributed by atoms with van der Waals surface area (Å²) in [6, 6.07) is 29.0. The van der Waals surface area contributed by atoms with Crippen molar-refractivity contribution in [3.05, 3.63) is 119 Å². The minimum Gasteiger partial charge on any atom is -0.461 e. The number of carbonyl (C=O) groups excluding carboxylic acids is 2. The van der Waals surface area contributed by atoms with Crippen molar-refractivity contribution in [2.45, 2.75) is 38.9 Å². The molecule has 0 aliphatic carbocycles. The maximum Gasteiger partial charge on any atom is 0.413 e. The molecule has 0 atom stereocenters. The van der Waals surface area contributed by atoms with Gasteiger partial charge in [-0.05, 0) is 27.7 Å². The van der Waals surface area contributed by atoms with Crippen LogP contribution in [0.4, 0.5) is 9.93 Å². The van der Waals surface area contributed by atoms with Gasteiger partial charge < -0.3 is 14.3 Å². The normalized spacial score (nSPS) is 11.9. The van der Waals surface area contributed by atoms with E-state index in [0.717, 1.165) is 28.0 Å². The molecular formula is C31H31N3O5S. The Hall–Kier alpha value is -4.50. The molecule has 0 bridgehead atoms. The molecule has 4 aromatic rings. The lowest BCUT2D eigenvalue weighted by atomic mass is 9.80. The fourth-order valence-corrected chi connectivity index (χ4v) is 4.69. The molecule has 0 aliphatic heterocycles. The van der Waals surface area contributed by atoms with E-state index in [0.29, 0.717) is 0 Å². The van der Waals surface area contributed by atoms with Crippen LogP contribution in [0.5, 0.6) is 0 Å². The molecule has 0 aliphatic rings. The van der Waals surface area contributed by atoms with E-state index in [1.54, 1.807) is 33.1 Å².